The average Bonchev–Trinajstić information content (AvgIpc) is 2.88. The first-order valence-corrected chi connectivity index (χ1v) is 6.75. The zero-order valence-corrected chi connectivity index (χ0v) is 13.1. The summed E-state index contributed by atoms with van der Waals surface area (Å²) < 4.78 is 5.30. The van der Waals surface area contributed by atoms with Gasteiger partial charge in [0.15, 0.2) is 0 Å². The lowest BCUT2D eigenvalue weighted by Crippen LogP contribution is -2.49. The molecule has 0 spiro atoms. The Morgan fingerprint density at radius 1 is 1.30 bits per heavy atom. The zero-order valence-electron chi connectivity index (χ0n) is 13.1. The Hall–Kier alpha value is -1.78. The van der Waals surface area contributed by atoms with Crippen LogP contribution in [-0.4, -0.2) is 29.8 Å². The Labute approximate surface area is 120 Å². The molecular formula is C15H24N2O3. The Morgan fingerprint density at radius 3 is 2.35 bits per heavy atom. The van der Waals surface area contributed by atoms with Gasteiger partial charge >= 0.3 is 0 Å². The summed E-state index contributed by atoms with van der Waals surface area (Å²) in [6.07, 6.45) is 1.58. The number of nitrogens with zero attached hydrogens (tertiary/aromatic N) is 1. The highest BCUT2D eigenvalue weighted by Crippen LogP contribution is 2.20. The number of furan rings is 1. The van der Waals surface area contributed by atoms with Gasteiger partial charge in [0, 0.05) is 12.5 Å². The lowest BCUT2D eigenvalue weighted by molar-refractivity contribution is -0.138. The maximum absolute atomic E-state index is 12.3. The highest BCUT2D eigenvalue weighted by Gasteiger charge is 2.28. The summed E-state index contributed by atoms with van der Waals surface area (Å²) in [5, 5.41) is 2.74. The van der Waals surface area contributed by atoms with Crippen molar-refractivity contribution in [1.82, 2.24) is 10.2 Å². The molecule has 0 fully saturated rings. The van der Waals surface area contributed by atoms with E-state index in [0.717, 1.165) is 5.76 Å². The van der Waals surface area contributed by atoms with E-state index in [-0.39, 0.29) is 17.9 Å². The molecule has 0 bridgehead atoms. The van der Waals surface area contributed by atoms with Crippen molar-refractivity contribution in [3.05, 3.63) is 24.2 Å². The second kappa shape index (κ2) is 6.11. The minimum absolute atomic E-state index is 0.141. The minimum Gasteiger partial charge on any atom is -0.467 e. The van der Waals surface area contributed by atoms with Crippen LogP contribution >= 0.6 is 0 Å². The maximum Gasteiger partial charge on any atom is 0.245 e. The van der Waals surface area contributed by atoms with E-state index in [0.29, 0.717) is 0 Å². The smallest absolute Gasteiger partial charge is 0.245 e. The molecule has 0 saturated heterocycles. The molecule has 1 aromatic rings. The number of rotatable bonds is 4. The van der Waals surface area contributed by atoms with E-state index in [2.05, 4.69) is 5.32 Å². The molecule has 112 valence electrons. The van der Waals surface area contributed by atoms with Crippen molar-refractivity contribution >= 4 is 11.8 Å². The number of carbonyl (C=O) groups is 2. The fraction of sp³-hybridized carbons (Fsp3) is 0.600. The van der Waals surface area contributed by atoms with Gasteiger partial charge in [-0.25, -0.2) is 0 Å². The van der Waals surface area contributed by atoms with Crippen LogP contribution in [0.5, 0.6) is 0 Å². The highest BCUT2D eigenvalue weighted by atomic mass is 16.3. The van der Waals surface area contributed by atoms with Crippen LogP contribution in [0.4, 0.5) is 0 Å². The molecule has 5 heteroatoms. The average molecular weight is 280 g/mol. The molecular weight excluding hydrogens is 256 g/mol. The van der Waals surface area contributed by atoms with Gasteiger partial charge in [-0.1, -0.05) is 20.8 Å². The van der Waals surface area contributed by atoms with Crippen molar-refractivity contribution in [3.8, 4) is 0 Å². The van der Waals surface area contributed by atoms with E-state index in [1.165, 1.54) is 0 Å². The molecule has 1 aromatic heterocycles. The summed E-state index contributed by atoms with van der Waals surface area (Å²) in [5.41, 5.74) is -0.514. The molecule has 2 unspecified atom stereocenters. The second-order valence-corrected chi connectivity index (χ2v) is 6.09. The first-order valence-electron chi connectivity index (χ1n) is 6.75. The number of hydrogen-bond acceptors (Lipinski definition) is 3. The largest absolute Gasteiger partial charge is 0.467 e. The number of likely N-dealkylation sites (N-methyl/N-ethyl adjacent to an activating group) is 1. The third kappa shape index (κ3) is 3.85. The van der Waals surface area contributed by atoms with Gasteiger partial charge in [-0.15, -0.1) is 0 Å². The third-order valence-corrected chi connectivity index (χ3v) is 3.28. The van der Waals surface area contributed by atoms with Crippen LogP contribution in [0.1, 0.15) is 46.4 Å². The standard InChI is InChI=1S/C15H24N2O3/c1-10(16-14(19)15(3,4)5)13(18)17(6)11(2)12-8-7-9-20-12/h7-11H,1-6H3,(H,16,19). The summed E-state index contributed by atoms with van der Waals surface area (Å²) in [5.74, 6) is 0.430. The number of nitrogens with one attached hydrogen (secondary N) is 1. The molecule has 0 aliphatic carbocycles. The molecule has 1 N–H and O–H groups in total. The van der Waals surface area contributed by atoms with Crippen LogP contribution in [0, 0.1) is 5.41 Å². The van der Waals surface area contributed by atoms with Crippen molar-refractivity contribution in [2.24, 2.45) is 5.41 Å². The zero-order chi connectivity index (χ0) is 15.5. The van der Waals surface area contributed by atoms with Gasteiger partial charge in [-0.3, -0.25) is 9.59 Å². The lowest BCUT2D eigenvalue weighted by atomic mass is 9.95. The Balaban J connectivity index is 2.67. The molecule has 2 amide bonds. The summed E-state index contributed by atoms with van der Waals surface area (Å²) in [4.78, 5) is 25.8. The summed E-state index contributed by atoms with van der Waals surface area (Å²) in [6, 6.07) is 2.87. The first kappa shape index (κ1) is 16.3. The Kier molecular flexibility index (Phi) is 4.98. The number of amides is 2. The van der Waals surface area contributed by atoms with Gasteiger partial charge in [0.05, 0.1) is 12.3 Å². The van der Waals surface area contributed by atoms with Crippen molar-refractivity contribution in [3.63, 3.8) is 0 Å². The summed E-state index contributed by atoms with van der Waals surface area (Å²) in [6.45, 7) is 9.02. The van der Waals surface area contributed by atoms with Crippen LogP contribution in [-0.2, 0) is 9.59 Å². The van der Waals surface area contributed by atoms with E-state index in [1.807, 2.05) is 33.8 Å². The van der Waals surface area contributed by atoms with Crippen LogP contribution < -0.4 is 5.32 Å². The van der Waals surface area contributed by atoms with E-state index in [9.17, 15) is 9.59 Å². The van der Waals surface area contributed by atoms with Crippen molar-refractivity contribution in [2.45, 2.75) is 46.7 Å². The van der Waals surface area contributed by atoms with E-state index in [4.69, 9.17) is 4.42 Å². The molecule has 2 atom stereocenters. The maximum atomic E-state index is 12.3. The fourth-order valence-corrected chi connectivity index (χ4v) is 1.69. The van der Waals surface area contributed by atoms with Gasteiger partial charge < -0.3 is 14.6 Å². The molecule has 1 heterocycles. The second-order valence-electron chi connectivity index (χ2n) is 6.09. The molecule has 1 rings (SSSR count). The Bertz CT molecular complexity index is 460. The Morgan fingerprint density at radius 2 is 1.90 bits per heavy atom. The van der Waals surface area contributed by atoms with Crippen molar-refractivity contribution in [2.75, 3.05) is 7.05 Å². The van der Waals surface area contributed by atoms with Crippen molar-refractivity contribution in [1.29, 1.82) is 0 Å². The van der Waals surface area contributed by atoms with Gasteiger partial charge in [0.1, 0.15) is 11.8 Å². The topological polar surface area (TPSA) is 62.6 Å². The van der Waals surface area contributed by atoms with E-state index in [1.54, 1.807) is 31.2 Å². The molecule has 0 aliphatic rings. The molecule has 0 radical (unpaired) electrons. The fourth-order valence-electron chi connectivity index (χ4n) is 1.69. The van der Waals surface area contributed by atoms with Gasteiger partial charge in [0.2, 0.25) is 11.8 Å². The predicted octanol–water partition coefficient (Wildman–Crippen LogP) is 2.35. The number of hydrogen-bond donors (Lipinski definition) is 1. The SMILES string of the molecule is CC(NC(=O)C(C)(C)C)C(=O)N(C)C(C)c1ccco1. The molecule has 0 aliphatic heterocycles. The van der Waals surface area contributed by atoms with E-state index < -0.39 is 11.5 Å². The monoisotopic (exact) mass is 280 g/mol. The minimum atomic E-state index is -0.566. The molecule has 20 heavy (non-hydrogen) atoms. The lowest BCUT2D eigenvalue weighted by Gasteiger charge is -2.28. The molecule has 0 aromatic carbocycles. The quantitative estimate of drug-likeness (QED) is 0.921. The van der Waals surface area contributed by atoms with Gasteiger partial charge in [-0.2, -0.15) is 0 Å². The molecule has 5 nitrogen and oxygen atoms in total. The van der Waals surface area contributed by atoms with Crippen molar-refractivity contribution < 1.29 is 14.0 Å². The van der Waals surface area contributed by atoms with Gasteiger partial charge in [-0.05, 0) is 26.0 Å². The van der Waals surface area contributed by atoms with Gasteiger partial charge in [0.25, 0.3) is 0 Å². The van der Waals surface area contributed by atoms with E-state index >= 15 is 0 Å². The first-order chi connectivity index (χ1) is 9.14. The summed E-state index contributed by atoms with van der Waals surface area (Å²) >= 11 is 0. The predicted molar refractivity (Wildman–Crippen MR) is 77.0 cm³/mol. The number of carbonyl (C=O) groups excluding carboxylic acids is 2. The van der Waals surface area contributed by atoms with Crippen LogP contribution in [0.25, 0.3) is 0 Å². The normalized spacial score (nSPS) is 14.5. The van der Waals surface area contributed by atoms with Crippen LogP contribution in [0.2, 0.25) is 0 Å². The van der Waals surface area contributed by atoms with Crippen LogP contribution in [0.15, 0.2) is 22.8 Å². The third-order valence-electron chi connectivity index (χ3n) is 3.28. The highest BCUT2D eigenvalue weighted by molar-refractivity contribution is 5.89. The summed E-state index contributed by atoms with van der Waals surface area (Å²) in [7, 11) is 1.70. The molecule has 0 saturated carbocycles. The van der Waals surface area contributed by atoms with Crippen LogP contribution in [0.3, 0.4) is 0 Å².